The summed E-state index contributed by atoms with van der Waals surface area (Å²) in [6.07, 6.45) is 3.36. The smallest absolute Gasteiger partial charge is 0.292 e. The van der Waals surface area contributed by atoms with E-state index in [1.165, 1.54) is 12.1 Å². The maximum Gasteiger partial charge on any atom is 0.292 e. The molecule has 0 spiro atoms. The van der Waals surface area contributed by atoms with E-state index in [4.69, 9.17) is 5.73 Å². The van der Waals surface area contributed by atoms with Gasteiger partial charge in [-0.25, -0.2) is 4.68 Å². The van der Waals surface area contributed by atoms with Crippen LogP contribution in [-0.4, -0.2) is 14.7 Å². The zero-order valence-electron chi connectivity index (χ0n) is 7.70. The summed E-state index contributed by atoms with van der Waals surface area (Å²) in [5.74, 6) is 0. The Balaban J connectivity index is 2.47. The first-order chi connectivity index (χ1) is 7.18. The lowest BCUT2D eigenvalue weighted by Crippen LogP contribution is -1.99. The number of nitro benzene ring substituents is 1. The molecule has 2 rings (SSSR count). The number of hydrogen-bond acceptors (Lipinski definition) is 4. The molecule has 0 bridgehead atoms. The second kappa shape index (κ2) is 3.41. The number of anilines is 1. The lowest BCUT2D eigenvalue weighted by Gasteiger charge is -2.02. The van der Waals surface area contributed by atoms with Crippen LogP contribution in [-0.2, 0) is 0 Å². The summed E-state index contributed by atoms with van der Waals surface area (Å²) in [6.45, 7) is 0. The number of aromatic nitrogens is 2. The van der Waals surface area contributed by atoms with E-state index in [0.717, 1.165) is 0 Å². The molecule has 0 atom stereocenters. The predicted octanol–water partition coefficient (Wildman–Crippen LogP) is 1.36. The van der Waals surface area contributed by atoms with Crippen LogP contribution in [0.3, 0.4) is 0 Å². The van der Waals surface area contributed by atoms with Gasteiger partial charge in [0.05, 0.1) is 10.6 Å². The van der Waals surface area contributed by atoms with Crippen LogP contribution >= 0.6 is 0 Å². The van der Waals surface area contributed by atoms with E-state index in [1.54, 1.807) is 29.2 Å². The summed E-state index contributed by atoms with van der Waals surface area (Å²) in [5.41, 5.74) is 6.28. The topological polar surface area (TPSA) is 87.0 Å². The second-order valence-corrected chi connectivity index (χ2v) is 2.95. The van der Waals surface area contributed by atoms with Crippen molar-refractivity contribution in [2.75, 3.05) is 5.73 Å². The first kappa shape index (κ1) is 9.20. The van der Waals surface area contributed by atoms with Crippen LogP contribution in [0.4, 0.5) is 11.4 Å². The molecular formula is C9H8N4O2. The van der Waals surface area contributed by atoms with E-state index < -0.39 is 4.92 Å². The van der Waals surface area contributed by atoms with Gasteiger partial charge in [-0.15, -0.1) is 0 Å². The van der Waals surface area contributed by atoms with Gasteiger partial charge in [0, 0.05) is 18.5 Å². The Morgan fingerprint density at radius 1 is 1.47 bits per heavy atom. The third-order valence-electron chi connectivity index (χ3n) is 1.98. The van der Waals surface area contributed by atoms with Crippen LogP contribution < -0.4 is 5.73 Å². The van der Waals surface area contributed by atoms with E-state index in [0.29, 0.717) is 5.69 Å². The van der Waals surface area contributed by atoms with E-state index in [1.807, 2.05) is 0 Å². The van der Waals surface area contributed by atoms with Crippen molar-refractivity contribution in [1.82, 2.24) is 9.78 Å². The van der Waals surface area contributed by atoms with Gasteiger partial charge in [-0.2, -0.15) is 5.10 Å². The number of nitrogens with two attached hydrogens (primary N) is 1. The number of nitrogens with zero attached hydrogens (tertiary/aromatic N) is 3. The van der Waals surface area contributed by atoms with E-state index >= 15 is 0 Å². The van der Waals surface area contributed by atoms with E-state index in [2.05, 4.69) is 5.10 Å². The normalized spacial score (nSPS) is 10.1. The van der Waals surface area contributed by atoms with Crippen molar-refractivity contribution in [3.8, 4) is 5.69 Å². The number of nitrogen functional groups attached to an aromatic ring is 1. The Bertz CT molecular complexity index is 493. The molecule has 0 saturated carbocycles. The summed E-state index contributed by atoms with van der Waals surface area (Å²) in [4.78, 5) is 10.0. The zero-order chi connectivity index (χ0) is 10.8. The van der Waals surface area contributed by atoms with E-state index in [9.17, 15) is 10.1 Å². The standard InChI is InChI=1S/C9H8N4O2/c10-8-6-7(12-5-1-4-11-12)2-3-9(8)13(14)15/h1-6H,10H2. The first-order valence-electron chi connectivity index (χ1n) is 4.22. The highest BCUT2D eigenvalue weighted by Gasteiger charge is 2.11. The Labute approximate surface area is 85.1 Å². The van der Waals surface area contributed by atoms with Crippen LogP contribution in [0.2, 0.25) is 0 Å². The molecular weight excluding hydrogens is 196 g/mol. The molecule has 0 radical (unpaired) electrons. The molecule has 0 saturated heterocycles. The fraction of sp³-hybridized carbons (Fsp3) is 0. The highest BCUT2D eigenvalue weighted by Crippen LogP contribution is 2.23. The van der Waals surface area contributed by atoms with Crippen molar-refractivity contribution in [3.05, 3.63) is 46.8 Å². The predicted molar refractivity (Wildman–Crippen MR) is 54.6 cm³/mol. The summed E-state index contributed by atoms with van der Waals surface area (Å²) < 4.78 is 1.58. The van der Waals surface area contributed by atoms with Crippen molar-refractivity contribution in [2.45, 2.75) is 0 Å². The minimum Gasteiger partial charge on any atom is -0.393 e. The minimum absolute atomic E-state index is 0.0918. The average molecular weight is 204 g/mol. The third kappa shape index (κ3) is 1.64. The van der Waals surface area contributed by atoms with Gasteiger partial charge >= 0.3 is 0 Å². The summed E-state index contributed by atoms with van der Waals surface area (Å²) in [7, 11) is 0. The van der Waals surface area contributed by atoms with Gasteiger partial charge in [0.15, 0.2) is 0 Å². The molecule has 2 aromatic rings. The molecule has 2 N–H and O–H groups in total. The lowest BCUT2D eigenvalue weighted by atomic mass is 10.2. The Kier molecular flexibility index (Phi) is 2.09. The fourth-order valence-corrected chi connectivity index (χ4v) is 1.27. The molecule has 6 nitrogen and oxygen atoms in total. The Morgan fingerprint density at radius 3 is 2.80 bits per heavy atom. The molecule has 6 heteroatoms. The summed E-state index contributed by atoms with van der Waals surface area (Å²) >= 11 is 0. The average Bonchev–Trinajstić information content (AvgIpc) is 2.69. The second-order valence-electron chi connectivity index (χ2n) is 2.95. The molecule has 0 aliphatic heterocycles. The fourth-order valence-electron chi connectivity index (χ4n) is 1.27. The van der Waals surface area contributed by atoms with Crippen molar-refractivity contribution in [3.63, 3.8) is 0 Å². The molecule has 1 aromatic heterocycles. The van der Waals surface area contributed by atoms with Crippen LogP contribution in [0.25, 0.3) is 5.69 Å². The lowest BCUT2D eigenvalue weighted by molar-refractivity contribution is -0.383. The zero-order valence-corrected chi connectivity index (χ0v) is 7.70. The van der Waals surface area contributed by atoms with E-state index in [-0.39, 0.29) is 11.4 Å². The minimum atomic E-state index is -0.512. The van der Waals surface area contributed by atoms with Gasteiger partial charge in [0.25, 0.3) is 5.69 Å². The monoisotopic (exact) mass is 204 g/mol. The van der Waals surface area contributed by atoms with Crippen LogP contribution in [0, 0.1) is 10.1 Å². The quantitative estimate of drug-likeness (QED) is 0.454. The van der Waals surface area contributed by atoms with Crippen LogP contribution in [0.5, 0.6) is 0 Å². The molecule has 0 aliphatic carbocycles. The molecule has 1 heterocycles. The van der Waals surface area contributed by atoms with Crippen LogP contribution in [0.15, 0.2) is 36.7 Å². The van der Waals surface area contributed by atoms with Gasteiger partial charge < -0.3 is 5.73 Å². The molecule has 0 fully saturated rings. The molecule has 0 aliphatic rings. The maximum atomic E-state index is 10.5. The van der Waals surface area contributed by atoms with Gasteiger partial charge in [-0.05, 0) is 18.2 Å². The number of nitro groups is 1. The highest BCUT2D eigenvalue weighted by atomic mass is 16.6. The van der Waals surface area contributed by atoms with Gasteiger partial charge in [0.2, 0.25) is 0 Å². The number of hydrogen-bond donors (Lipinski definition) is 1. The summed E-state index contributed by atoms with van der Waals surface area (Å²) in [5, 5.41) is 14.5. The van der Waals surface area contributed by atoms with Crippen molar-refractivity contribution >= 4 is 11.4 Å². The number of benzene rings is 1. The SMILES string of the molecule is Nc1cc(-n2cccn2)ccc1[N+](=O)[O-]. The van der Waals surface area contributed by atoms with Gasteiger partial charge in [0.1, 0.15) is 5.69 Å². The van der Waals surface area contributed by atoms with Crippen molar-refractivity contribution < 1.29 is 4.92 Å². The third-order valence-corrected chi connectivity index (χ3v) is 1.98. The summed E-state index contributed by atoms with van der Waals surface area (Å²) in [6, 6.07) is 6.25. The van der Waals surface area contributed by atoms with Crippen molar-refractivity contribution in [1.29, 1.82) is 0 Å². The number of rotatable bonds is 2. The highest BCUT2D eigenvalue weighted by molar-refractivity contribution is 5.62. The maximum absolute atomic E-state index is 10.5. The van der Waals surface area contributed by atoms with Crippen molar-refractivity contribution in [2.24, 2.45) is 0 Å². The van der Waals surface area contributed by atoms with Gasteiger partial charge in [-0.1, -0.05) is 0 Å². The molecule has 0 amide bonds. The largest absolute Gasteiger partial charge is 0.393 e. The molecule has 15 heavy (non-hydrogen) atoms. The first-order valence-corrected chi connectivity index (χ1v) is 4.22. The molecule has 1 aromatic carbocycles. The molecule has 0 unspecified atom stereocenters. The van der Waals surface area contributed by atoms with Gasteiger partial charge in [-0.3, -0.25) is 10.1 Å². The van der Waals surface area contributed by atoms with Crippen LogP contribution in [0.1, 0.15) is 0 Å². The Hall–Kier alpha value is -2.37. The Morgan fingerprint density at radius 2 is 2.27 bits per heavy atom. The molecule has 76 valence electrons.